The molecule has 0 fully saturated rings. The molecule has 0 amide bonds. The van der Waals surface area contributed by atoms with Crippen molar-refractivity contribution in [2.24, 2.45) is 0 Å². The molecule has 7 aromatic carbocycles. The van der Waals surface area contributed by atoms with Gasteiger partial charge in [0.2, 0.25) is 0 Å². The number of aromatic nitrogens is 3. The molecule has 0 saturated carbocycles. The van der Waals surface area contributed by atoms with Crippen molar-refractivity contribution in [2.45, 2.75) is 15.2 Å². The fourth-order valence-corrected chi connectivity index (χ4v) is 8.98. The third-order valence-electron chi connectivity index (χ3n) is 10.0. The topological polar surface area (TPSA) is 38.7 Å². The molecule has 10 rings (SSSR count). The summed E-state index contributed by atoms with van der Waals surface area (Å²) in [6, 6.07) is 62.7. The molecule has 0 N–H and O–H groups in total. The lowest BCUT2D eigenvalue weighted by atomic mass is 9.67. The van der Waals surface area contributed by atoms with Gasteiger partial charge in [-0.2, -0.15) is 0 Å². The molecule has 2 heterocycles. The van der Waals surface area contributed by atoms with E-state index in [-0.39, 0.29) is 0 Å². The molecule has 1 aromatic heterocycles. The number of hydrogen-bond donors (Lipinski definition) is 0. The summed E-state index contributed by atoms with van der Waals surface area (Å²) in [5.41, 5.74) is 12.7. The maximum atomic E-state index is 5.01. The lowest BCUT2D eigenvalue weighted by molar-refractivity contribution is 0.723. The van der Waals surface area contributed by atoms with E-state index in [0.717, 1.165) is 27.8 Å². The molecule has 4 heteroatoms. The Morgan fingerprint density at radius 2 is 0.780 bits per heavy atom. The van der Waals surface area contributed by atoms with Gasteiger partial charge >= 0.3 is 0 Å². The summed E-state index contributed by atoms with van der Waals surface area (Å²) in [6.45, 7) is 0. The Balaban J connectivity index is 1.15. The largest absolute Gasteiger partial charge is 0.208 e. The van der Waals surface area contributed by atoms with Crippen LogP contribution in [-0.4, -0.2) is 15.0 Å². The Labute approximate surface area is 295 Å². The smallest absolute Gasteiger partial charge is 0.164 e. The minimum atomic E-state index is -0.415. The molecule has 0 atom stereocenters. The van der Waals surface area contributed by atoms with Crippen LogP contribution < -0.4 is 0 Å². The first-order chi connectivity index (χ1) is 24.8. The third kappa shape index (κ3) is 4.42. The van der Waals surface area contributed by atoms with Crippen molar-refractivity contribution in [1.82, 2.24) is 15.0 Å². The summed E-state index contributed by atoms with van der Waals surface area (Å²) < 4.78 is 0. The predicted octanol–water partition coefficient (Wildman–Crippen LogP) is 11.4. The summed E-state index contributed by atoms with van der Waals surface area (Å²) in [5, 5.41) is 0. The standard InChI is InChI=1S/C46H29N3S/c1-3-14-30(15-4-1)43-47-44(31-16-5-2-6-17-31)49-45(48-43)34-19-13-18-32(28-34)33-26-27-42-40(29-33)46(39-24-11-12-25-41(39)50-42)37-22-9-7-20-35(37)36-21-8-10-23-38(36)46/h1-29H. The lowest BCUT2D eigenvalue weighted by Crippen LogP contribution is -2.32. The van der Waals surface area contributed by atoms with Gasteiger partial charge in [-0.15, -0.1) is 0 Å². The van der Waals surface area contributed by atoms with Gasteiger partial charge in [-0.1, -0.05) is 163 Å². The van der Waals surface area contributed by atoms with Gasteiger partial charge < -0.3 is 0 Å². The summed E-state index contributed by atoms with van der Waals surface area (Å²) in [5.74, 6) is 1.96. The first-order valence-electron chi connectivity index (χ1n) is 16.9. The summed E-state index contributed by atoms with van der Waals surface area (Å²) in [4.78, 5) is 17.5. The Hall–Kier alpha value is -6.10. The molecule has 50 heavy (non-hydrogen) atoms. The van der Waals surface area contributed by atoms with Crippen molar-refractivity contribution in [3.05, 3.63) is 198 Å². The molecule has 2 aliphatic rings. The van der Waals surface area contributed by atoms with Crippen molar-refractivity contribution in [3.8, 4) is 56.4 Å². The average Bonchev–Trinajstić information content (AvgIpc) is 3.49. The van der Waals surface area contributed by atoms with Crippen LogP contribution in [0.1, 0.15) is 22.3 Å². The number of fused-ring (bicyclic) bond motifs is 9. The molecule has 0 saturated heterocycles. The van der Waals surface area contributed by atoms with Crippen molar-refractivity contribution < 1.29 is 0 Å². The van der Waals surface area contributed by atoms with E-state index in [2.05, 4.69) is 115 Å². The zero-order valence-corrected chi connectivity index (χ0v) is 27.8. The fourth-order valence-electron chi connectivity index (χ4n) is 7.81. The summed E-state index contributed by atoms with van der Waals surface area (Å²) >= 11 is 1.87. The highest BCUT2D eigenvalue weighted by atomic mass is 32.2. The molecular weight excluding hydrogens is 627 g/mol. The van der Waals surface area contributed by atoms with E-state index in [1.54, 1.807) is 0 Å². The predicted molar refractivity (Wildman–Crippen MR) is 203 cm³/mol. The molecule has 1 aliphatic heterocycles. The second-order valence-corrected chi connectivity index (χ2v) is 13.9. The van der Waals surface area contributed by atoms with E-state index in [4.69, 9.17) is 15.0 Å². The van der Waals surface area contributed by atoms with Crippen LogP contribution in [0.5, 0.6) is 0 Å². The van der Waals surface area contributed by atoms with Gasteiger partial charge in [0.05, 0.1) is 5.41 Å². The zero-order valence-electron chi connectivity index (χ0n) is 27.0. The maximum absolute atomic E-state index is 5.01. The zero-order chi connectivity index (χ0) is 33.1. The Kier molecular flexibility index (Phi) is 6.64. The monoisotopic (exact) mass is 655 g/mol. The highest BCUT2D eigenvalue weighted by molar-refractivity contribution is 7.99. The Morgan fingerprint density at radius 1 is 0.320 bits per heavy atom. The molecule has 8 aromatic rings. The van der Waals surface area contributed by atoms with Crippen LogP contribution in [0.15, 0.2) is 186 Å². The van der Waals surface area contributed by atoms with Gasteiger partial charge in [0.25, 0.3) is 0 Å². The minimum Gasteiger partial charge on any atom is -0.208 e. The highest BCUT2D eigenvalue weighted by Gasteiger charge is 2.50. The summed E-state index contributed by atoms with van der Waals surface area (Å²) in [6.07, 6.45) is 0. The van der Waals surface area contributed by atoms with Crippen molar-refractivity contribution >= 4 is 11.8 Å². The van der Waals surface area contributed by atoms with Crippen LogP contribution in [0.4, 0.5) is 0 Å². The van der Waals surface area contributed by atoms with Crippen LogP contribution in [0.2, 0.25) is 0 Å². The molecule has 0 unspecified atom stereocenters. The molecule has 1 spiro atoms. The first kappa shape index (κ1) is 28.9. The second-order valence-electron chi connectivity index (χ2n) is 12.8. The van der Waals surface area contributed by atoms with Gasteiger partial charge in [-0.3, -0.25) is 0 Å². The normalized spacial score (nSPS) is 13.3. The SMILES string of the molecule is c1ccc(-c2nc(-c3ccccc3)nc(-c3cccc(-c4ccc5c(c4)C4(c6ccccc6S5)c5ccccc5-c5ccccc54)c3)n2)cc1. The number of rotatable bonds is 4. The minimum absolute atomic E-state index is 0.415. The number of nitrogens with zero attached hydrogens (tertiary/aromatic N) is 3. The van der Waals surface area contributed by atoms with Gasteiger partial charge in [0.15, 0.2) is 17.5 Å². The summed E-state index contributed by atoms with van der Waals surface area (Å²) in [7, 11) is 0. The Bertz CT molecular complexity index is 2480. The molecule has 3 nitrogen and oxygen atoms in total. The number of benzene rings is 7. The first-order valence-corrected chi connectivity index (χ1v) is 17.7. The van der Waals surface area contributed by atoms with Crippen LogP contribution in [0, 0.1) is 0 Å². The van der Waals surface area contributed by atoms with E-state index in [0.29, 0.717) is 17.5 Å². The quantitative estimate of drug-likeness (QED) is 0.189. The lowest BCUT2D eigenvalue weighted by Gasteiger charge is -2.40. The van der Waals surface area contributed by atoms with Gasteiger partial charge in [0.1, 0.15) is 0 Å². The van der Waals surface area contributed by atoms with Crippen molar-refractivity contribution in [2.75, 3.05) is 0 Å². The van der Waals surface area contributed by atoms with E-state index < -0.39 is 5.41 Å². The molecular formula is C46H29N3S. The maximum Gasteiger partial charge on any atom is 0.164 e. The van der Waals surface area contributed by atoms with E-state index in [9.17, 15) is 0 Å². The number of hydrogen-bond acceptors (Lipinski definition) is 4. The van der Waals surface area contributed by atoms with Crippen LogP contribution in [0.3, 0.4) is 0 Å². The van der Waals surface area contributed by atoms with Crippen LogP contribution in [-0.2, 0) is 5.41 Å². The Morgan fingerprint density at radius 3 is 1.42 bits per heavy atom. The second kappa shape index (κ2) is 11.5. The molecule has 0 bridgehead atoms. The van der Waals surface area contributed by atoms with Crippen molar-refractivity contribution in [1.29, 1.82) is 0 Å². The fraction of sp³-hybridized carbons (Fsp3) is 0.0217. The van der Waals surface area contributed by atoms with Crippen LogP contribution >= 0.6 is 11.8 Å². The van der Waals surface area contributed by atoms with Gasteiger partial charge in [-0.25, -0.2) is 15.0 Å². The molecule has 1 aliphatic carbocycles. The van der Waals surface area contributed by atoms with E-state index in [1.165, 1.54) is 43.2 Å². The van der Waals surface area contributed by atoms with E-state index in [1.807, 2.05) is 72.4 Å². The van der Waals surface area contributed by atoms with Crippen LogP contribution in [0.25, 0.3) is 56.4 Å². The van der Waals surface area contributed by atoms with Gasteiger partial charge in [0, 0.05) is 26.5 Å². The molecule has 234 valence electrons. The molecule has 0 radical (unpaired) electrons. The highest BCUT2D eigenvalue weighted by Crippen LogP contribution is 2.62. The average molecular weight is 656 g/mol. The van der Waals surface area contributed by atoms with Crippen molar-refractivity contribution in [3.63, 3.8) is 0 Å². The van der Waals surface area contributed by atoms with Gasteiger partial charge in [-0.05, 0) is 68.8 Å². The van der Waals surface area contributed by atoms with E-state index >= 15 is 0 Å². The third-order valence-corrected chi connectivity index (χ3v) is 11.2.